The van der Waals surface area contributed by atoms with E-state index in [0.717, 1.165) is 12.1 Å². The van der Waals surface area contributed by atoms with E-state index in [4.69, 9.17) is 0 Å². The standard InChI is InChI=1S/C14H16BrNO2/c1-2-14(18)16(11-6-4-3-5-7-11)12-8-10(15)9-13(12)17/h2-7,10,12-13,17H,1,8-9H2. The van der Waals surface area contributed by atoms with Crippen molar-refractivity contribution in [2.24, 2.45) is 0 Å². The van der Waals surface area contributed by atoms with Crippen molar-refractivity contribution in [3.63, 3.8) is 0 Å². The lowest BCUT2D eigenvalue weighted by atomic mass is 10.1. The normalized spacial score (nSPS) is 26.9. The summed E-state index contributed by atoms with van der Waals surface area (Å²) in [6.45, 7) is 3.54. The van der Waals surface area contributed by atoms with Gasteiger partial charge in [0, 0.05) is 10.5 Å². The summed E-state index contributed by atoms with van der Waals surface area (Å²) in [5.74, 6) is -0.174. The second-order valence-electron chi connectivity index (χ2n) is 4.45. The number of amides is 1. The third-order valence-corrected chi connectivity index (χ3v) is 3.96. The molecule has 3 nitrogen and oxygen atoms in total. The van der Waals surface area contributed by atoms with Gasteiger partial charge in [0.2, 0.25) is 0 Å². The number of aliphatic hydroxyl groups excluding tert-OH is 1. The molecule has 1 fully saturated rings. The highest BCUT2D eigenvalue weighted by molar-refractivity contribution is 9.09. The summed E-state index contributed by atoms with van der Waals surface area (Å²) >= 11 is 3.51. The molecule has 18 heavy (non-hydrogen) atoms. The molecule has 1 aromatic rings. The predicted octanol–water partition coefficient (Wildman–Crippen LogP) is 2.49. The molecule has 3 unspecified atom stereocenters. The lowest BCUT2D eigenvalue weighted by Gasteiger charge is -2.30. The second-order valence-corrected chi connectivity index (χ2v) is 5.75. The second kappa shape index (κ2) is 5.67. The molecular formula is C14H16BrNO2. The minimum absolute atomic E-state index is 0.174. The predicted molar refractivity (Wildman–Crippen MR) is 75.9 cm³/mol. The number of alkyl halides is 1. The maximum Gasteiger partial charge on any atom is 0.250 e. The van der Waals surface area contributed by atoms with Crippen molar-refractivity contribution in [2.45, 2.75) is 29.8 Å². The largest absolute Gasteiger partial charge is 0.391 e. The quantitative estimate of drug-likeness (QED) is 0.688. The zero-order chi connectivity index (χ0) is 13.1. The Hall–Kier alpha value is -1.13. The molecule has 1 aromatic carbocycles. The van der Waals surface area contributed by atoms with Crippen LogP contribution < -0.4 is 4.90 Å². The highest BCUT2D eigenvalue weighted by Crippen LogP contribution is 2.32. The highest BCUT2D eigenvalue weighted by atomic mass is 79.9. The van der Waals surface area contributed by atoms with Crippen LogP contribution in [0.1, 0.15) is 12.8 Å². The first kappa shape index (κ1) is 13.3. The van der Waals surface area contributed by atoms with Gasteiger partial charge in [0.05, 0.1) is 12.1 Å². The third-order valence-electron chi connectivity index (χ3n) is 3.22. The zero-order valence-corrected chi connectivity index (χ0v) is 11.6. The number of carbonyl (C=O) groups is 1. The van der Waals surface area contributed by atoms with E-state index < -0.39 is 6.10 Å². The molecule has 0 aromatic heterocycles. The summed E-state index contributed by atoms with van der Waals surface area (Å²) in [5.41, 5.74) is 0.799. The van der Waals surface area contributed by atoms with E-state index in [1.807, 2.05) is 30.3 Å². The molecule has 96 valence electrons. The van der Waals surface area contributed by atoms with Crippen LogP contribution in [0.3, 0.4) is 0 Å². The molecular weight excluding hydrogens is 294 g/mol. The first-order chi connectivity index (χ1) is 8.63. The zero-order valence-electron chi connectivity index (χ0n) is 10.00. The van der Waals surface area contributed by atoms with E-state index >= 15 is 0 Å². The van der Waals surface area contributed by atoms with Crippen molar-refractivity contribution < 1.29 is 9.90 Å². The van der Waals surface area contributed by atoms with Crippen LogP contribution in [0.15, 0.2) is 43.0 Å². The topological polar surface area (TPSA) is 40.5 Å². The summed E-state index contributed by atoms with van der Waals surface area (Å²) in [5, 5.41) is 10.1. The molecule has 0 saturated heterocycles. The molecule has 0 heterocycles. The van der Waals surface area contributed by atoms with Crippen LogP contribution in [0.25, 0.3) is 0 Å². The Morgan fingerprint density at radius 2 is 2.06 bits per heavy atom. The number of aliphatic hydroxyl groups is 1. The third kappa shape index (κ3) is 2.65. The van der Waals surface area contributed by atoms with Crippen LogP contribution in [0.2, 0.25) is 0 Å². The highest BCUT2D eigenvalue weighted by Gasteiger charge is 2.37. The molecule has 0 spiro atoms. The number of para-hydroxylation sites is 1. The summed E-state index contributed by atoms with van der Waals surface area (Å²) in [6, 6.07) is 9.21. The number of benzene rings is 1. The van der Waals surface area contributed by atoms with Crippen LogP contribution in [-0.2, 0) is 4.79 Å². The number of hydrogen-bond acceptors (Lipinski definition) is 2. The Kier molecular flexibility index (Phi) is 4.19. The Morgan fingerprint density at radius 1 is 1.39 bits per heavy atom. The molecule has 1 saturated carbocycles. The fourth-order valence-corrected chi connectivity index (χ4v) is 3.15. The molecule has 0 bridgehead atoms. The van der Waals surface area contributed by atoms with Gasteiger partial charge in [-0.05, 0) is 31.1 Å². The number of rotatable bonds is 3. The van der Waals surface area contributed by atoms with Crippen LogP contribution in [0.4, 0.5) is 5.69 Å². The molecule has 1 aliphatic rings. The van der Waals surface area contributed by atoms with Crippen molar-refractivity contribution in [3.8, 4) is 0 Å². The van der Waals surface area contributed by atoms with Crippen LogP contribution in [-0.4, -0.2) is 28.0 Å². The van der Waals surface area contributed by atoms with Crippen molar-refractivity contribution in [1.82, 2.24) is 0 Å². The number of nitrogens with zero attached hydrogens (tertiary/aromatic N) is 1. The fourth-order valence-electron chi connectivity index (χ4n) is 2.38. The number of carbonyl (C=O) groups excluding carboxylic acids is 1. The molecule has 1 amide bonds. The van der Waals surface area contributed by atoms with Gasteiger partial charge >= 0.3 is 0 Å². The SMILES string of the molecule is C=CC(=O)N(c1ccccc1)C1CC(Br)CC1O. The Balaban J connectivity index is 2.32. The van der Waals surface area contributed by atoms with Crippen LogP contribution in [0.5, 0.6) is 0 Å². The average molecular weight is 310 g/mol. The Morgan fingerprint density at radius 3 is 2.56 bits per heavy atom. The van der Waals surface area contributed by atoms with Crippen molar-refractivity contribution in [1.29, 1.82) is 0 Å². The fraction of sp³-hybridized carbons (Fsp3) is 0.357. The van der Waals surface area contributed by atoms with E-state index in [1.165, 1.54) is 6.08 Å². The summed E-state index contributed by atoms with van der Waals surface area (Å²) in [6.07, 6.45) is 2.20. The van der Waals surface area contributed by atoms with Gasteiger partial charge in [-0.15, -0.1) is 0 Å². The molecule has 0 aliphatic heterocycles. The van der Waals surface area contributed by atoms with Crippen molar-refractivity contribution in [2.75, 3.05) is 4.90 Å². The van der Waals surface area contributed by atoms with E-state index in [2.05, 4.69) is 22.5 Å². The number of anilines is 1. The van der Waals surface area contributed by atoms with Gasteiger partial charge in [0.1, 0.15) is 0 Å². The molecule has 4 heteroatoms. The monoisotopic (exact) mass is 309 g/mol. The van der Waals surface area contributed by atoms with Gasteiger partial charge < -0.3 is 10.0 Å². The van der Waals surface area contributed by atoms with Gasteiger partial charge in [-0.3, -0.25) is 4.79 Å². The number of halogens is 1. The van der Waals surface area contributed by atoms with E-state index in [0.29, 0.717) is 6.42 Å². The van der Waals surface area contributed by atoms with Gasteiger partial charge in [-0.25, -0.2) is 0 Å². The minimum Gasteiger partial charge on any atom is -0.391 e. The maximum absolute atomic E-state index is 12.0. The van der Waals surface area contributed by atoms with Crippen molar-refractivity contribution in [3.05, 3.63) is 43.0 Å². The van der Waals surface area contributed by atoms with E-state index in [-0.39, 0.29) is 16.8 Å². The van der Waals surface area contributed by atoms with E-state index in [9.17, 15) is 9.90 Å². The maximum atomic E-state index is 12.0. The van der Waals surface area contributed by atoms with Crippen molar-refractivity contribution >= 4 is 27.5 Å². The van der Waals surface area contributed by atoms with Crippen LogP contribution >= 0.6 is 15.9 Å². The lowest BCUT2D eigenvalue weighted by Crippen LogP contribution is -2.44. The molecule has 1 N–H and O–H groups in total. The van der Waals surface area contributed by atoms with Gasteiger partial charge in [0.15, 0.2) is 0 Å². The Labute approximate surface area is 115 Å². The summed E-state index contributed by atoms with van der Waals surface area (Å²) in [4.78, 5) is 13.9. The average Bonchev–Trinajstić information content (AvgIpc) is 2.70. The molecule has 1 aliphatic carbocycles. The number of hydrogen-bond donors (Lipinski definition) is 1. The lowest BCUT2D eigenvalue weighted by molar-refractivity contribution is -0.115. The summed E-state index contributed by atoms with van der Waals surface area (Å²) in [7, 11) is 0. The molecule has 2 rings (SSSR count). The first-order valence-electron chi connectivity index (χ1n) is 5.96. The molecule has 3 atom stereocenters. The van der Waals surface area contributed by atoms with Gasteiger partial charge in [0.25, 0.3) is 5.91 Å². The van der Waals surface area contributed by atoms with Gasteiger partial charge in [-0.2, -0.15) is 0 Å². The smallest absolute Gasteiger partial charge is 0.250 e. The van der Waals surface area contributed by atoms with Gasteiger partial charge in [-0.1, -0.05) is 40.7 Å². The Bertz CT molecular complexity index is 435. The first-order valence-corrected chi connectivity index (χ1v) is 6.88. The van der Waals surface area contributed by atoms with Crippen LogP contribution in [0, 0.1) is 0 Å². The van der Waals surface area contributed by atoms with E-state index in [1.54, 1.807) is 4.90 Å². The molecule has 0 radical (unpaired) electrons. The summed E-state index contributed by atoms with van der Waals surface area (Å²) < 4.78 is 0. The minimum atomic E-state index is -0.501.